The molecule has 3 aliphatic rings. The minimum atomic E-state index is -0.237. The number of benzene rings is 2. The van der Waals surface area contributed by atoms with Gasteiger partial charge in [0.25, 0.3) is 11.8 Å². The summed E-state index contributed by atoms with van der Waals surface area (Å²) in [6.45, 7) is 0. The lowest BCUT2D eigenvalue weighted by Crippen LogP contribution is -2.36. The third-order valence-corrected chi connectivity index (χ3v) is 5.73. The third-order valence-electron chi connectivity index (χ3n) is 5.73. The first-order valence-electron chi connectivity index (χ1n) is 8.97. The van der Waals surface area contributed by atoms with Crippen LogP contribution < -0.4 is 9.64 Å². The molecule has 0 saturated heterocycles. The van der Waals surface area contributed by atoms with Crippen molar-refractivity contribution < 1.29 is 14.3 Å². The van der Waals surface area contributed by atoms with Gasteiger partial charge in [0.1, 0.15) is 11.4 Å². The van der Waals surface area contributed by atoms with Gasteiger partial charge in [-0.05, 0) is 49.9 Å². The van der Waals surface area contributed by atoms with Crippen molar-refractivity contribution in [3.05, 3.63) is 59.2 Å². The monoisotopic (exact) mass is 333 g/mol. The Kier molecular flexibility index (Phi) is 3.05. The van der Waals surface area contributed by atoms with Crippen LogP contribution in [-0.4, -0.2) is 17.4 Å². The van der Waals surface area contributed by atoms with Crippen LogP contribution in [0.4, 0.5) is 5.69 Å². The predicted molar refractivity (Wildman–Crippen MR) is 94.2 cm³/mol. The Balaban J connectivity index is 1.57. The smallest absolute Gasteiger partial charge is 0.266 e. The Labute approximate surface area is 146 Å². The molecule has 5 rings (SSSR count). The number of rotatable bonds is 1. The Morgan fingerprint density at radius 3 is 2.20 bits per heavy atom. The molecule has 0 radical (unpaired) electrons. The maximum absolute atomic E-state index is 12.8. The molecular formula is C21H19NO3. The lowest BCUT2D eigenvalue weighted by molar-refractivity contribution is 0.0528. The molecule has 126 valence electrons. The van der Waals surface area contributed by atoms with Gasteiger partial charge in [-0.1, -0.05) is 24.6 Å². The molecule has 2 aromatic carbocycles. The predicted octanol–water partition coefficient (Wildman–Crippen LogP) is 4.13. The average molecular weight is 333 g/mol. The van der Waals surface area contributed by atoms with Crippen LogP contribution in [-0.2, 0) is 6.42 Å². The second kappa shape index (κ2) is 5.19. The zero-order valence-electron chi connectivity index (χ0n) is 14.0. The zero-order chi connectivity index (χ0) is 17.0. The topological polar surface area (TPSA) is 46.6 Å². The van der Waals surface area contributed by atoms with E-state index in [1.54, 1.807) is 24.3 Å². The number of carbonyl (C=O) groups excluding carboxylic acids is 2. The molecule has 0 atom stereocenters. The Morgan fingerprint density at radius 1 is 0.840 bits per heavy atom. The maximum Gasteiger partial charge on any atom is 0.266 e. The number of anilines is 1. The molecule has 0 bridgehead atoms. The van der Waals surface area contributed by atoms with E-state index >= 15 is 0 Å². The van der Waals surface area contributed by atoms with E-state index in [9.17, 15) is 9.59 Å². The summed E-state index contributed by atoms with van der Waals surface area (Å²) in [5, 5.41) is 0. The number of fused-ring (bicyclic) bond motifs is 2. The van der Waals surface area contributed by atoms with Gasteiger partial charge < -0.3 is 4.74 Å². The lowest BCUT2D eigenvalue weighted by Gasteiger charge is -2.32. The SMILES string of the molecule is O=C1c2ccccc2C(=O)N1c1cccc2c1CC1(CCCCC1)O2. The number of ether oxygens (including phenoxy) is 1. The molecule has 1 aliphatic carbocycles. The van der Waals surface area contributed by atoms with Crippen LogP contribution in [0.3, 0.4) is 0 Å². The molecule has 0 N–H and O–H groups in total. The quantitative estimate of drug-likeness (QED) is 0.737. The summed E-state index contributed by atoms with van der Waals surface area (Å²) < 4.78 is 6.33. The summed E-state index contributed by atoms with van der Waals surface area (Å²) in [4.78, 5) is 27.0. The minimum absolute atomic E-state index is 0.143. The summed E-state index contributed by atoms with van der Waals surface area (Å²) in [7, 11) is 0. The summed E-state index contributed by atoms with van der Waals surface area (Å²) in [6, 6.07) is 12.7. The van der Waals surface area contributed by atoms with Crippen molar-refractivity contribution >= 4 is 17.5 Å². The number of carbonyl (C=O) groups is 2. The highest BCUT2D eigenvalue weighted by Gasteiger charge is 2.44. The first kappa shape index (κ1) is 14.7. The molecule has 2 heterocycles. The fourth-order valence-electron chi connectivity index (χ4n) is 4.51. The van der Waals surface area contributed by atoms with Gasteiger partial charge in [0.05, 0.1) is 16.8 Å². The van der Waals surface area contributed by atoms with Crippen LogP contribution in [0.15, 0.2) is 42.5 Å². The first-order valence-corrected chi connectivity index (χ1v) is 8.97. The van der Waals surface area contributed by atoms with Crippen LogP contribution in [0.2, 0.25) is 0 Å². The highest BCUT2D eigenvalue weighted by atomic mass is 16.5. The normalized spacial score (nSPS) is 20.6. The van der Waals surface area contributed by atoms with Crippen molar-refractivity contribution in [2.75, 3.05) is 4.90 Å². The average Bonchev–Trinajstić information content (AvgIpc) is 3.11. The van der Waals surface area contributed by atoms with Crippen LogP contribution in [0.1, 0.15) is 58.4 Å². The highest BCUT2D eigenvalue weighted by molar-refractivity contribution is 6.34. The van der Waals surface area contributed by atoms with E-state index in [0.29, 0.717) is 16.8 Å². The molecule has 1 fully saturated rings. The second-order valence-corrected chi connectivity index (χ2v) is 7.27. The van der Waals surface area contributed by atoms with Gasteiger partial charge in [-0.2, -0.15) is 0 Å². The number of hydrogen-bond acceptors (Lipinski definition) is 3. The highest BCUT2D eigenvalue weighted by Crippen LogP contribution is 2.47. The van der Waals surface area contributed by atoms with Gasteiger partial charge in [-0.25, -0.2) is 4.90 Å². The van der Waals surface area contributed by atoms with Gasteiger partial charge in [-0.3, -0.25) is 9.59 Å². The Hall–Kier alpha value is -2.62. The van der Waals surface area contributed by atoms with Crippen LogP contribution in [0, 0.1) is 0 Å². The van der Waals surface area contributed by atoms with E-state index < -0.39 is 0 Å². The summed E-state index contributed by atoms with van der Waals surface area (Å²) in [6.07, 6.45) is 6.48. The minimum Gasteiger partial charge on any atom is -0.487 e. The first-order chi connectivity index (χ1) is 12.2. The maximum atomic E-state index is 12.8. The van der Waals surface area contributed by atoms with Crippen molar-refractivity contribution in [3.8, 4) is 5.75 Å². The molecular weight excluding hydrogens is 314 g/mol. The van der Waals surface area contributed by atoms with Crippen molar-refractivity contribution in [2.24, 2.45) is 0 Å². The van der Waals surface area contributed by atoms with E-state index in [1.807, 2.05) is 18.2 Å². The lowest BCUT2D eigenvalue weighted by atomic mass is 9.81. The summed E-state index contributed by atoms with van der Waals surface area (Å²) in [5.74, 6) is 0.355. The Bertz CT molecular complexity index is 861. The van der Waals surface area contributed by atoms with Gasteiger partial charge in [0, 0.05) is 12.0 Å². The van der Waals surface area contributed by atoms with Crippen LogP contribution >= 0.6 is 0 Å². The molecule has 2 amide bonds. The third kappa shape index (κ3) is 2.06. The molecule has 4 heteroatoms. The molecule has 2 aliphatic heterocycles. The molecule has 0 aromatic heterocycles. The summed E-state index contributed by atoms with van der Waals surface area (Å²) >= 11 is 0. The van der Waals surface area contributed by atoms with E-state index in [1.165, 1.54) is 24.2 Å². The molecule has 1 spiro atoms. The number of imide groups is 1. The molecule has 0 unspecified atom stereocenters. The van der Waals surface area contributed by atoms with Crippen molar-refractivity contribution in [3.63, 3.8) is 0 Å². The largest absolute Gasteiger partial charge is 0.487 e. The fourth-order valence-corrected chi connectivity index (χ4v) is 4.51. The van der Waals surface area contributed by atoms with E-state index in [0.717, 1.165) is 30.6 Å². The number of nitrogens with zero attached hydrogens (tertiary/aromatic N) is 1. The molecule has 25 heavy (non-hydrogen) atoms. The van der Waals surface area contributed by atoms with Crippen molar-refractivity contribution in [1.82, 2.24) is 0 Å². The van der Waals surface area contributed by atoms with Crippen molar-refractivity contribution in [1.29, 1.82) is 0 Å². The van der Waals surface area contributed by atoms with Gasteiger partial charge >= 0.3 is 0 Å². The van der Waals surface area contributed by atoms with Crippen molar-refractivity contribution in [2.45, 2.75) is 44.1 Å². The van der Waals surface area contributed by atoms with E-state index in [-0.39, 0.29) is 17.4 Å². The standard InChI is InChI=1S/C21H19NO3/c23-19-14-7-2-3-8-15(14)20(24)22(19)17-9-6-10-18-16(17)13-21(25-18)11-4-1-5-12-21/h2-3,6-10H,1,4-5,11-13H2. The number of amides is 2. The van der Waals surface area contributed by atoms with Gasteiger partial charge in [0.2, 0.25) is 0 Å². The fraction of sp³-hybridized carbons (Fsp3) is 0.333. The molecule has 2 aromatic rings. The van der Waals surface area contributed by atoms with Crippen LogP contribution in [0.25, 0.3) is 0 Å². The molecule has 4 nitrogen and oxygen atoms in total. The zero-order valence-corrected chi connectivity index (χ0v) is 14.0. The van der Waals surface area contributed by atoms with Crippen LogP contribution in [0.5, 0.6) is 5.75 Å². The van der Waals surface area contributed by atoms with E-state index in [2.05, 4.69) is 0 Å². The number of hydrogen-bond donors (Lipinski definition) is 0. The van der Waals surface area contributed by atoms with Gasteiger partial charge in [-0.15, -0.1) is 0 Å². The Morgan fingerprint density at radius 2 is 1.52 bits per heavy atom. The van der Waals surface area contributed by atoms with Gasteiger partial charge in [0.15, 0.2) is 0 Å². The summed E-state index contributed by atoms with van der Waals surface area (Å²) in [5.41, 5.74) is 2.51. The van der Waals surface area contributed by atoms with E-state index in [4.69, 9.17) is 4.74 Å². The second-order valence-electron chi connectivity index (χ2n) is 7.27. The molecule has 1 saturated carbocycles.